The van der Waals surface area contributed by atoms with Gasteiger partial charge in [0.05, 0.1) is 22.9 Å². The molecule has 36 heavy (non-hydrogen) atoms. The van der Waals surface area contributed by atoms with E-state index < -0.39 is 23.3 Å². The number of aromatic amines is 1. The Morgan fingerprint density at radius 2 is 2.00 bits per heavy atom. The summed E-state index contributed by atoms with van der Waals surface area (Å²) in [4.78, 5) is 37.1. The van der Waals surface area contributed by atoms with Crippen LogP contribution in [0.3, 0.4) is 0 Å². The Bertz CT molecular complexity index is 1370. The number of aromatic nitrogens is 2. The Balaban J connectivity index is 1.63. The summed E-state index contributed by atoms with van der Waals surface area (Å²) in [6.45, 7) is 7.95. The van der Waals surface area contributed by atoms with E-state index in [4.69, 9.17) is 16.6 Å². The second-order valence-electron chi connectivity index (χ2n) is 10.1. The minimum Gasteiger partial charge on any atom is -0.369 e. The maximum Gasteiger partial charge on any atom is 0.263 e. The van der Waals surface area contributed by atoms with Crippen LogP contribution in [0.4, 0.5) is 10.1 Å². The van der Waals surface area contributed by atoms with Gasteiger partial charge in [0.25, 0.3) is 11.5 Å². The smallest absolute Gasteiger partial charge is 0.263 e. The maximum absolute atomic E-state index is 13.9. The number of amides is 1. The molecular weight excluding hydrogens is 481 g/mol. The average molecular weight is 512 g/mol. The third-order valence-electron chi connectivity index (χ3n) is 7.08. The van der Waals surface area contributed by atoms with Crippen molar-refractivity contribution in [1.29, 1.82) is 0 Å². The van der Waals surface area contributed by atoms with Crippen LogP contribution in [0.1, 0.15) is 72.4 Å². The van der Waals surface area contributed by atoms with E-state index in [1.165, 1.54) is 12.1 Å². The van der Waals surface area contributed by atoms with Gasteiger partial charge in [-0.15, -0.1) is 0 Å². The topological polar surface area (TPSA) is 90.1 Å². The van der Waals surface area contributed by atoms with Gasteiger partial charge in [0.2, 0.25) is 0 Å². The minimum absolute atomic E-state index is 0.0683. The van der Waals surface area contributed by atoms with Crippen LogP contribution in [0.15, 0.2) is 29.1 Å². The number of pyridine rings is 2. The fourth-order valence-corrected chi connectivity index (χ4v) is 5.27. The van der Waals surface area contributed by atoms with Crippen molar-refractivity contribution in [3.8, 4) is 0 Å². The van der Waals surface area contributed by atoms with Crippen LogP contribution in [-0.4, -0.2) is 41.6 Å². The molecule has 9 heteroatoms. The first-order valence-corrected chi connectivity index (χ1v) is 12.9. The van der Waals surface area contributed by atoms with Gasteiger partial charge in [0.1, 0.15) is 11.4 Å². The zero-order valence-corrected chi connectivity index (χ0v) is 21.5. The lowest BCUT2D eigenvalue weighted by molar-refractivity contribution is 0.0939. The summed E-state index contributed by atoms with van der Waals surface area (Å²) in [5.74, 6) is -0.655. The number of carbonyl (C=O) groups is 1. The quantitative estimate of drug-likeness (QED) is 0.466. The molecule has 5 rings (SSSR count). The molecule has 7 nitrogen and oxygen atoms in total. The number of fused-ring (bicyclic) bond motifs is 1. The molecule has 3 heterocycles. The third kappa shape index (κ3) is 4.97. The zero-order chi connectivity index (χ0) is 25.6. The summed E-state index contributed by atoms with van der Waals surface area (Å²) in [5.41, 5.74) is 3.26. The number of rotatable bonds is 5. The highest BCUT2D eigenvalue weighted by molar-refractivity contribution is 6.30. The highest BCUT2D eigenvalue weighted by Crippen LogP contribution is 2.43. The number of halogens is 2. The first-order chi connectivity index (χ1) is 17.2. The number of H-pyrrole nitrogens is 1. The van der Waals surface area contributed by atoms with Gasteiger partial charge < -0.3 is 20.5 Å². The molecule has 2 fully saturated rings. The fraction of sp³-hybridized carbons (Fsp3) is 0.444. The molecule has 0 radical (unpaired) electrons. The molecule has 0 bridgehead atoms. The Kier molecular flexibility index (Phi) is 6.74. The SMILES string of the molecule is Cc1cc2c(N3CCN[C@@H](C)CC3)c(C(=O)N[C@@H](C)c3cc(F)cc(Cl)c3)c(=O)[nH]c2c(C2CC2)n1. The Morgan fingerprint density at radius 1 is 1.22 bits per heavy atom. The molecular formula is C27H31ClFN5O2. The summed E-state index contributed by atoms with van der Waals surface area (Å²) in [6, 6.07) is 5.90. The van der Waals surface area contributed by atoms with Crippen LogP contribution in [0.25, 0.3) is 10.9 Å². The summed E-state index contributed by atoms with van der Waals surface area (Å²) in [5, 5.41) is 7.47. The number of hydrogen-bond acceptors (Lipinski definition) is 5. The molecule has 2 aromatic heterocycles. The Hall–Kier alpha value is -2.97. The van der Waals surface area contributed by atoms with E-state index in [1.54, 1.807) is 13.0 Å². The number of carbonyl (C=O) groups excluding carboxylic acids is 1. The average Bonchev–Trinajstić information content (AvgIpc) is 3.66. The fourth-order valence-electron chi connectivity index (χ4n) is 5.04. The van der Waals surface area contributed by atoms with Crippen molar-refractivity contribution in [2.24, 2.45) is 0 Å². The summed E-state index contributed by atoms with van der Waals surface area (Å²) in [7, 11) is 0. The lowest BCUT2D eigenvalue weighted by Crippen LogP contribution is -2.37. The van der Waals surface area contributed by atoms with Gasteiger partial charge in [0.15, 0.2) is 0 Å². The molecule has 1 aromatic carbocycles. The standard InChI is InChI=1S/C27H31ClFN5O2/c1-14-6-8-34(9-7-30-14)25-21-10-15(2)31-23(17-4-5-17)24(21)33-27(36)22(25)26(35)32-16(3)18-11-19(28)13-20(29)12-18/h10-14,16-17,30H,4-9H2,1-3H3,(H,32,35)(H,33,36)/t14-,16-/m0/s1. The number of hydrogen-bond donors (Lipinski definition) is 3. The van der Waals surface area contributed by atoms with Crippen molar-refractivity contribution in [3.63, 3.8) is 0 Å². The maximum atomic E-state index is 13.9. The number of anilines is 1. The molecule has 1 saturated heterocycles. The zero-order valence-electron chi connectivity index (χ0n) is 20.8. The molecule has 0 spiro atoms. The van der Waals surface area contributed by atoms with Crippen molar-refractivity contribution in [2.75, 3.05) is 24.5 Å². The summed E-state index contributed by atoms with van der Waals surface area (Å²) < 4.78 is 13.9. The van der Waals surface area contributed by atoms with Gasteiger partial charge in [-0.3, -0.25) is 14.6 Å². The Labute approximate surface area is 214 Å². The molecule has 2 aliphatic rings. The summed E-state index contributed by atoms with van der Waals surface area (Å²) >= 11 is 6.03. The van der Waals surface area contributed by atoms with Crippen LogP contribution in [-0.2, 0) is 0 Å². The van der Waals surface area contributed by atoms with Crippen molar-refractivity contribution < 1.29 is 9.18 Å². The van der Waals surface area contributed by atoms with E-state index in [2.05, 4.69) is 27.4 Å². The number of nitrogens with one attached hydrogen (secondary N) is 3. The molecule has 1 amide bonds. The highest BCUT2D eigenvalue weighted by atomic mass is 35.5. The van der Waals surface area contributed by atoms with E-state index in [-0.39, 0.29) is 10.6 Å². The second-order valence-corrected chi connectivity index (χ2v) is 10.5. The molecule has 1 aliphatic carbocycles. The van der Waals surface area contributed by atoms with Gasteiger partial charge >= 0.3 is 0 Å². The van der Waals surface area contributed by atoms with Gasteiger partial charge in [-0.2, -0.15) is 0 Å². The van der Waals surface area contributed by atoms with Crippen LogP contribution >= 0.6 is 11.6 Å². The minimum atomic E-state index is -0.555. The van der Waals surface area contributed by atoms with Gasteiger partial charge in [-0.25, -0.2) is 4.39 Å². The van der Waals surface area contributed by atoms with E-state index in [9.17, 15) is 14.0 Å². The van der Waals surface area contributed by atoms with E-state index in [0.29, 0.717) is 36.3 Å². The molecule has 3 N–H and O–H groups in total. The molecule has 1 saturated carbocycles. The van der Waals surface area contributed by atoms with Crippen LogP contribution in [0.2, 0.25) is 5.02 Å². The van der Waals surface area contributed by atoms with Crippen molar-refractivity contribution in [3.05, 3.63) is 68.0 Å². The monoisotopic (exact) mass is 511 g/mol. The van der Waals surface area contributed by atoms with Crippen LogP contribution in [0.5, 0.6) is 0 Å². The lowest BCUT2D eigenvalue weighted by atomic mass is 10.0. The van der Waals surface area contributed by atoms with E-state index in [1.807, 2.05) is 13.0 Å². The van der Waals surface area contributed by atoms with E-state index in [0.717, 1.165) is 48.1 Å². The summed E-state index contributed by atoms with van der Waals surface area (Å²) in [6.07, 6.45) is 2.97. The van der Waals surface area contributed by atoms with Gasteiger partial charge in [-0.1, -0.05) is 11.6 Å². The van der Waals surface area contributed by atoms with Gasteiger partial charge in [-0.05, 0) is 69.9 Å². The van der Waals surface area contributed by atoms with Crippen LogP contribution in [0, 0.1) is 12.7 Å². The molecule has 3 aromatic rings. The predicted molar refractivity (Wildman–Crippen MR) is 141 cm³/mol. The predicted octanol–water partition coefficient (Wildman–Crippen LogP) is 4.58. The Morgan fingerprint density at radius 3 is 2.72 bits per heavy atom. The van der Waals surface area contributed by atoms with Crippen molar-refractivity contribution in [1.82, 2.24) is 20.6 Å². The van der Waals surface area contributed by atoms with Crippen LogP contribution < -0.4 is 21.1 Å². The van der Waals surface area contributed by atoms with Crippen molar-refractivity contribution >= 4 is 34.1 Å². The highest BCUT2D eigenvalue weighted by Gasteiger charge is 2.32. The molecule has 0 unspecified atom stereocenters. The first-order valence-electron chi connectivity index (χ1n) is 12.5. The normalized spacial score (nSPS) is 19.2. The third-order valence-corrected chi connectivity index (χ3v) is 7.30. The largest absolute Gasteiger partial charge is 0.369 e. The van der Waals surface area contributed by atoms with E-state index >= 15 is 0 Å². The number of nitrogens with zero attached hydrogens (tertiary/aromatic N) is 2. The molecule has 1 aliphatic heterocycles. The van der Waals surface area contributed by atoms with Gasteiger partial charge in [0, 0.05) is 47.7 Å². The lowest BCUT2D eigenvalue weighted by Gasteiger charge is -2.27. The van der Waals surface area contributed by atoms with Crippen molar-refractivity contribution in [2.45, 2.75) is 58.0 Å². The number of aryl methyl sites for hydroxylation is 1. The second kappa shape index (κ2) is 9.82. The number of benzene rings is 1. The first kappa shape index (κ1) is 24.7. The molecule has 2 atom stereocenters. The molecule has 190 valence electrons.